The van der Waals surface area contributed by atoms with E-state index in [1.807, 2.05) is 0 Å². The molecule has 106 valence electrons. The molecule has 7 heteroatoms. The summed E-state index contributed by atoms with van der Waals surface area (Å²) in [5.41, 5.74) is 6.98. The molecule has 0 fully saturated rings. The molecule has 0 aliphatic heterocycles. The first kappa shape index (κ1) is 14.1. The molecule has 0 unspecified atom stereocenters. The Labute approximate surface area is 112 Å². The van der Waals surface area contributed by atoms with Crippen LogP contribution >= 0.6 is 0 Å². The quantitative estimate of drug-likeness (QED) is 0.909. The highest BCUT2D eigenvalue weighted by Gasteiger charge is 2.31. The van der Waals surface area contributed by atoms with Gasteiger partial charge in [0.2, 0.25) is 0 Å². The summed E-state index contributed by atoms with van der Waals surface area (Å²) in [7, 11) is 0. The van der Waals surface area contributed by atoms with Crippen molar-refractivity contribution >= 4 is 5.82 Å². The van der Waals surface area contributed by atoms with Gasteiger partial charge in [-0.25, -0.2) is 4.98 Å². The minimum absolute atomic E-state index is 0.126. The molecule has 20 heavy (non-hydrogen) atoms. The first-order chi connectivity index (χ1) is 9.40. The Bertz CT molecular complexity index is 615. The van der Waals surface area contributed by atoms with Crippen LogP contribution in [0.4, 0.5) is 19.0 Å². The zero-order chi connectivity index (χ0) is 14.8. The predicted octanol–water partition coefficient (Wildman–Crippen LogP) is 2.72. The predicted molar refractivity (Wildman–Crippen MR) is 66.7 cm³/mol. The van der Waals surface area contributed by atoms with Crippen molar-refractivity contribution in [2.75, 3.05) is 5.73 Å². The highest BCUT2D eigenvalue weighted by molar-refractivity contribution is 5.77. The molecule has 1 aromatic carbocycles. The lowest BCUT2D eigenvalue weighted by atomic mass is 10.0. The summed E-state index contributed by atoms with van der Waals surface area (Å²) in [5.74, 6) is -0.233. The first-order valence-corrected chi connectivity index (χ1v) is 5.61. The average molecular weight is 284 g/mol. The molecule has 0 bridgehead atoms. The minimum Gasteiger partial charge on any atom is -0.406 e. The zero-order valence-electron chi connectivity index (χ0n) is 10.2. The lowest BCUT2D eigenvalue weighted by Crippen LogP contribution is -2.17. The number of ether oxygens (including phenoxy) is 1. The van der Waals surface area contributed by atoms with Crippen molar-refractivity contribution < 1.29 is 23.0 Å². The fourth-order valence-corrected chi connectivity index (χ4v) is 1.83. The first-order valence-electron chi connectivity index (χ1n) is 5.61. The number of hydrogen-bond acceptors (Lipinski definition) is 4. The molecule has 0 radical (unpaired) electrons. The number of halogens is 3. The van der Waals surface area contributed by atoms with Gasteiger partial charge in [-0.3, -0.25) is 0 Å². The van der Waals surface area contributed by atoms with E-state index in [1.54, 1.807) is 12.1 Å². The Kier molecular flexibility index (Phi) is 3.80. The molecule has 1 heterocycles. The SMILES string of the molecule is Nc1nccc(CO)c1-c1cccc(OC(F)(F)F)c1. The molecule has 0 atom stereocenters. The highest BCUT2D eigenvalue weighted by atomic mass is 19.4. The van der Waals surface area contributed by atoms with Crippen LogP contribution in [0.2, 0.25) is 0 Å². The summed E-state index contributed by atoms with van der Waals surface area (Å²) in [6.07, 6.45) is -3.35. The van der Waals surface area contributed by atoms with E-state index in [9.17, 15) is 18.3 Å². The molecule has 0 saturated carbocycles. The number of rotatable bonds is 3. The van der Waals surface area contributed by atoms with Gasteiger partial charge < -0.3 is 15.6 Å². The largest absolute Gasteiger partial charge is 0.573 e. The van der Waals surface area contributed by atoms with Crippen molar-refractivity contribution in [2.24, 2.45) is 0 Å². The normalized spacial score (nSPS) is 11.4. The van der Waals surface area contributed by atoms with Gasteiger partial charge in [-0.2, -0.15) is 0 Å². The smallest absolute Gasteiger partial charge is 0.406 e. The summed E-state index contributed by atoms with van der Waals surface area (Å²) in [6, 6.07) is 6.89. The van der Waals surface area contributed by atoms with E-state index in [2.05, 4.69) is 9.72 Å². The lowest BCUT2D eigenvalue weighted by Gasteiger charge is -2.13. The van der Waals surface area contributed by atoms with Gasteiger partial charge in [0.25, 0.3) is 0 Å². The van der Waals surface area contributed by atoms with Gasteiger partial charge in [-0.1, -0.05) is 12.1 Å². The molecule has 0 aliphatic rings. The third-order valence-electron chi connectivity index (χ3n) is 2.59. The van der Waals surface area contributed by atoms with Crippen LogP contribution in [0.3, 0.4) is 0 Å². The molecular weight excluding hydrogens is 273 g/mol. The molecule has 2 rings (SSSR count). The molecule has 1 aromatic heterocycles. The third kappa shape index (κ3) is 3.18. The Morgan fingerprint density at radius 2 is 2.00 bits per heavy atom. The van der Waals surface area contributed by atoms with Crippen LogP contribution < -0.4 is 10.5 Å². The van der Waals surface area contributed by atoms with Gasteiger partial charge in [0.15, 0.2) is 0 Å². The standard InChI is InChI=1S/C13H11F3N2O2/c14-13(15,16)20-10-3-1-2-8(6-10)11-9(7-19)4-5-18-12(11)17/h1-6,19H,7H2,(H2,17,18). The van der Waals surface area contributed by atoms with Crippen molar-refractivity contribution in [3.8, 4) is 16.9 Å². The summed E-state index contributed by atoms with van der Waals surface area (Å²) < 4.78 is 40.5. The number of pyridine rings is 1. The van der Waals surface area contributed by atoms with Crippen LogP contribution in [0.25, 0.3) is 11.1 Å². The summed E-state index contributed by atoms with van der Waals surface area (Å²) in [4.78, 5) is 3.87. The van der Waals surface area contributed by atoms with Crippen molar-refractivity contribution in [2.45, 2.75) is 13.0 Å². The highest BCUT2D eigenvalue weighted by Crippen LogP contribution is 2.32. The van der Waals surface area contributed by atoms with Gasteiger partial charge in [0, 0.05) is 11.8 Å². The summed E-state index contributed by atoms with van der Waals surface area (Å²) in [5, 5.41) is 9.27. The molecule has 2 aromatic rings. The van der Waals surface area contributed by atoms with E-state index in [0.29, 0.717) is 16.7 Å². The lowest BCUT2D eigenvalue weighted by molar-refractivity contribution is -0.274. The fraction of sp³-hybridized carbons (Fsp3) is 0.154. The number of hydrogen-bond donors (Lipinski definition) is 2. The Balaban J connectivity index is 2.46. The number of benzene rings is 1. The average Bonchev–Trinajstić information content (AvgIpc) is 2.36. The maximum absolute atomic E-state index is 12.2. The topological polar surface area (TPSA) is 68.4 Å². The van der Waals surface area contributed by atoms with E-state index in [0.717, 1.165) is 0 Å². The number of alkyl halides is 3. The summed E-state index contributed by atoms with van der Waals surface area (Å²) in [6.45, 7) is -0.299. The summed E-state index contributed by atoms with van der Waals surface area (Å²) >= 11 is 0. The van der Waals surface area contributed by atoms with Crippen LogP contribution in [-0.4, -0.2) is 16.5 Å². The van der Waals surface area contributed by atoms with Crippen LogP contribution in [0.1, 0.15) is 5.56 Å². The molecule has 4 nitrogen and oxygen atoms in total. The number of nitrogens with two attached hydrogens (primary N) is 1. The van der Waals surface area contributed by atoms with Crippen LogP contribution in [0.15, 0.2) is 36.5 Å². The van der Waals surface area contributed by atoms with Crippen molar-refractivity contribution in [1.82, 2.24) is 4.98 Å². The fourth-order valence-electron chi connectivity index (χ4n) is 1.83. The van der Waals surface area contributed by atoms with E-state index in [4.69, 9.17) is 5.73 Å². The molecule has 0 amide bonds. The van der Waals surface area contributed by atoms with Crippen LogP contribution in [0.5, 0.6) is 5.75 Å². The molecule has 0 aliphatic carbocycles. The van der Waals surface area contributed by atoms with Gasteiger partial charge >= 0.3 is 6.36 Å². The molecule has 3 N–H and O–H groups in total. The third-order valence-corrected chi connectivity index (χ3v) is 2.59. The number of aliphatic hydroxyl groups is 1. The van der Waals surface area contributed by atoms with E-state index < -0.39 is 6.36 Å². The number of nitrogen functional groups attached to an aromatic ring is 1. The molecular formula is C13H11F3N2O2. The zero-order valence-corrected chi connectivity index (χ0v) is 10.2. The maximum Gasteiger partial charge on any atom is 0.573 e. The van der Waals surface area contributed by atoms with E-state index in [1.165, 1.54) is 24.4 Å². The van der Waals surface area contributed by atoms with Crippen molar-refractivity contribution in [3.63, 3.8) is 0 Å². The number of aromatic nitrogens is 1. The van der Waals surface area contributed by atoms with E-state index in [-0.39, 0.29) is 18.2 Å². The maximum atomic E-state index is 12.2. The van der Waals surface area contributed by atoms with Gasteiger partial charge in [-0.15, -0.1) is 13.2 Å². The Hall–Kier alpha value is -2.28. The second-order valence-corrected chi connectivity index (χ2v) is 3.96. The van der Waals surface area contributed by atoms with Gasteiger partial charge in [0.1, 0.15) is 11.6 Å². The van der Waals surface area contributed by atoms with Crippen molar-refractivity contribution in [3.05, 3.63) is 42.1 Å². The number of nitrogens with zero attached hydrogens (tertiary/aromatic N) is 1. The van der Waals surface area contributed by atoms with Crippen LogP contribution in [0, 0.1) is 0 Å². The van der Waals surface area contributed by atoms with Gasteiger partial charge in [0.05, 0.1) is 6.61 Å². The number of anilines is 1. The molecule has 0 spiro atoms. The Morgan fingerprint density at radius 3 is 2.65 bits per heavy atom. The monoisotopic (exact) mass is 284 g/mol. The second kappa shape index (κ2) is 5.38. The second-order valence-electron chi connectivity index (χ2n) is 3.96. The minimum atomic E-state index is -4.76. The Morgan fingerprint density at radius 1 is 1.25 bits per heavy atom. The molecule has 0 saturated heterocycles. The number of aliphatic hydroxyl groups excluding tert-OH is 1. The van der Waals surface area contributed by atoms with E-state index >= 15 is 0 Å². The van der Waals surface area contributed by atoms with Crippen molar-refractivity contribution in [1.29, 1.82) is 0 Å². The van der Waals surface area contributed by atoms with Gasteiger partial charge in [-0.05, 0) is 29.3 Å². The van der Waals surface area contributed by atoms with Crippen LogP contribution in [-0.2, 0) is 6.61 Å².